The summed E-state index contributed by atoms with van der Waals surface area (Å²) in [5, 5.41) is 2.88. The van der Waals surface area contributed by atoms with Gasteiger partial charge in [-0.15, -0.1) is 0 Å². The number of hydrogen-bond donors (Lipinski definition) is 1. The lowest BCUT2D eigenvalue weighted by molar-refractivity contribution is 0.0714. The molecule has 0 radical (unpaired) electrons. The van der Waals surface area contributed by atoms with E-state index in [0.717, 1.165) is 11.5 Å². The summed E-state index contributed by atoms with van der Waals surface area (Å²) in [7, 11) is 0. The average molecular weight is 376 g/mol. The van der Waals surface area contributed by atoms with Crippen molar-refractivity contribution in [3.05, 3.63) is 78.4 Å². The molecule has 3 aromatic rings. The van der Waals surface area contributed by atoms with E-state index >= 15 is 0 Å². The predicted octanol–water partition coefficient (Wildman–Crippen LogP) is 2.89. The van der Waals surface area contributed by atoms with Crippen LogP contribution in [0.5, 0.6) is 0 Å². The standard InChI is InChI=1S/C21H20N4O3/c26-20(23-17-5-2-1-3-6-17)16-8-9-22-19(15-16)24-10-12-25(13-11-24)21(27)18-7-4-14-28-18/h1-9,14-15H,10-13H2,(H,23,26). The van der Waals surface area contributed by atoms with E-state index in [9.17, 15) is 9.59 Å². The summed E-state index contributed by atoms with van der Waals surface area (Å²) in [4.78, 5) is 33.1. The monoisotopic (exact) mass is 376 g/mol. The molecule has 0 atom stereocenters. The Hall–Kier alpha value is -3.61. The van der Waals surface area contributed by atoms with Crippen LogP contribution in [0.4, 0.5) is 11.5 Å². The van der Waals surface area contributed by atoms with Crippen molar-refractivity contribution < 1.29 is 14.0 Å². The number of nitrogens with zero attached hydrogens (tertiary/aromatic N) is 3. The van der Waals surface area contributed by atoms with Crippen LogP contribution in [-0.2, 0) is 0 Å². The predicted molar refractivity (Wildman–Crippen MR) is 105 cm³/mol. The van der Waals surface area contributed by atoms with Crippen molar-refractivity contribution >= 4 is 23.3 Å². The molecule has 2 aromatic heterocycles. The molecule has 1 aliphatic heterocycles. The van der Waals surface area contributed by atoms with E-state index < -0.39 is 0 Å². The van der Waals surface area contributed by atoms with Gasteiger partial charge < -0.3 is 19.5 Å². The topological polar surface area (TPSA) is 78.7 Å². The lowest BCUT2D eigenvalue weighted by Gasteiger charge is -2.35. The van der Waals surface area contributed by atoms with Crippen molar-refractivity contribution in [1.29, 1.82) is 0 Å². The quantitative estimate of drug-likeness (QED) is 0.757. The number of pyridine rings is 1. The van der Waals surface area contributed by atoms with Crippen LogP contribution >= 0.6 is 0 Å². The Balaban J connectivity index is 1.40. The molecule has 0 spiro atoms. The number of aromatic nitrogens is 1. The zero-order valence-electron chi connectivity index (χ0n) is 15.2. The van der Waals surface area contributed by atoms with Gasteiger partial charge in [-0.05, 0) is 36.4 Å². The van der Waals surface area contributed by atoms with Gasteiger partial charge in [0.15, 0.2) is 5.76 Å². The van der Waals surface area contributed by atoms with E-state index in [1.165, 1.54) is 6.26 Å². The molecule has 1 aromatic carbocycles. The molecular formula is C21H20N4O3. The molecule has 0 bridgehead atoms. The van der Waals surface area contributed by atoms with Crippen LogP contribution in [0, 0.1) is 0 Å². The molecule has 0 aliphatic carbocycles. The zero-order chi connectivity index (χ0) is 19.3. The van der Waals surface area contributed by atoms with Gasteiger partial charge in [0.2, 0.25) is 0 Å². The van der Waals surface area contributed by atoms with Crippen molar-refractivity contribution in [1.82, 2.24) is 9.88 Å². The molecular weight excluding hydrogens is 356 g/mol. The van der Waals surface area contributed by atoms with E-state index in [1.54, 1.807) is 35.4 Å². The second-order valence-corrected chi connectivity index (χ2v) is 6.48. The molecule has 1 N–H and O–H groups in total. The van der Waals surface area contributed by atoms with Crippen LogP contribution in [0.25, 0.3) is 0 Å². The first-order chi connectivity index (χ1) is 13.7. The van der Waals surface area contributed by atoms with E-state index in [-0.39, 0.29) is 11.8 Å². The number of anilines is 2. The summed E-state index contributed by atoms with van der Waals surface area (Å²) in [5.41, 5.74) is 1.29. The Labute approximate surface area is 162 Å². The molecule has 0 unspecified atom stereocenters. The lowest BCUT2D eigenvalue weighted by Crippen LogP contribution is -2.49. The number of benzene rings is 1. The molecule has 7 nitrogen and oxygen atoms in total. The van der Waals surface area contributed by atoms with Crippen molar-refractivity contribution in [2.75, 3.05) is 36.4 Å². The average Bonchev–Trinajstić information content (AvgIpc) is 3.29. The lowest BCUT2D eigenvalue weighted by atomic mass is 10.2. The van der Waals surface area contributed by atoms with Gasteiger partial charge in [0.25, 0.3) is 11.8 Å². The molecule has 142 valence electrons. The molecule has 4 rings (SSSR count). The summed E-state index contributed by atoms with van der Waals surface area (Å²) in [6.07, 6.45) is 3.13. The highest BCUT2D eigenvalue weighted by atomic mass is 16.3. The Bertz CT molecular complexity index is 949. The minimum Gasteiger partial charge on any atom is -0.459 e. The van der Waals surface area contributed by atoms with E-state index in [2.05, 4.69) is 15.2 Å². The van der Waals surface area contributed by atoms with Gasteiger partial charge in [0.05, 0.1) is 6.26 Å². The molecule has 1 saturated heterocycles. The number of rotatable bonds is 4. The Kier molecular flexibility index (Phi) is 5.05. The summed E-state index contributed by atoms with van der Waals surface area (Å²) >= 11 is 0. The fraction of sp³-hybridized carbons (Fsp3) is 0.190. The van der Waals surface area contributed by atoms with E-state index in [1.807, 2.05) is 30.3 Å². The van der Waals surface area contributed by atoms with Crippen molar-refractivity contribution in [2.24, 2.45) is 0 Å². The number of furan rings is 1. The summed E-state index contributed by atoms with van der Waals surface area (Å²) in [5.74, 6) is 0.798. The molecule has 0 saturated carbocycles. The Morgan fingerprint density at radius 2 is 1.75 bits per heavy atom. The number of hydrogen-bond acceptors (Lipinski definition) is 5. The zero-order valence-corrected chi connectivity index (χ0v) is 15.2. The molecule has 1 fully saturated rings. The maximum atomic E-state index is 12.5. The van der Waals surface area contributed by atoms with Crippen LogP contribution in [0.2, 0.25) is 0 Å². The number of carbonyl (C=O) groups is 2. The van der Waals surface area contributed by atoms with E-state index in [4.69, 9.17) is 4.42 Å². The van der Waals surface area contributed by atoms with Crippen LogP contribution in [0.15, 0.2) is 71.5 Å². The summed E-state index contributed by atoms with van der Waals surface area (Å²) in [6, 6.07) is 16.2. The summed E-state index contributed by atoms with van der Waals surface area (Å²) < 4.78 is 5.19. The first-order valence-electron chi connectivity index (χ1n) is 9.11. The van der Waals surface area contributed by atoms with Gasteiger partial charge in [-0.2, -0.15) is 0 Å². The highest BCUT2D eigenvalue weighted by Crippen LogP contribution is 2.18. The third-order valence-corrected chi connectivity index (χ3v) is 4.66. The largest absolute Gasteiger partial charge is 0.459 e. The fourth-order valence-electron chi connectivity index (χ4n) is 3.15. The second kappa shape index (κ2) is 7.96. The number of para-hydroxylation sites is 1. The second-order valence-electron chi connectivity index (χ2n) is 6.48. The van der Waals surface area contributed by atoms with Gasteiger partial charge in [0.1, 0.15) is 5.82 Å². The Morgan fingerprint density at radius 3 is 2.46 bits per heavy atom. The van der Waals surface area contributed by atoms with Crippen molar-refractivity contribution in [3.8, 4) is 0 Å². The minimum absolute atomic E-state index is 0.103. The number of nitrogens with one attached hydrogen (secondary N) is 1. The molecule has 3 heterocycles. The third-order valence-electron chi connectivity index (χ3n) is 4.66. The van der Waals surface area contributed by atoms with Crippen LogP contribution in [0.3, 0.4) is 0 Å². The first kappa shape index (κ1) is 17.8. The number of piperazine rings is 1. The SMILES string of the molecule is O=C(Nc1ccccc1)c1ccnc(N2CCN(C(=O)c3ccco3)CC2)c1. The van der Waals surface area contributed by atoms with Gasteiger partial charge in [-0.3, -0.25) is 9.59 Å². The third kappa shape index (κ3) is 3.88. The fourth-order valence-corrected chi connectivity index (χ4v) is 3.15. The first-order valence-corrected chi connectivity index (χ1v) is 9.11. The smallest absolute Gasteiger partial charge is 0.289 e. The highest BCUT2D eigenvalue weighted by Gasteiger charge is 2.24. The van der Waals surface area contributed by atoms with Crippen LogP contribution < -0.4 is 10.2 Å². The van der Waals surface area contributed by atoms with Crippen LogP contribution in [-0.4, -0.2) is 47.9 Å². The van der Waals surface area contributed by atoms with Crippen molar-refractivity contribution in [2.45, 2.75) is 0 Å². The minimum atomic E-state index is -0.179. The van der Waals surface area contributed by atoms with Gasteiger partial charge >= 0.3 is 0 Å². The van der Waals surface area contributed by atoms with Crippen LogP contribution in [0.1, 0.15) is 20.9 Å². The molecule has 2 amide bonds. The molecule has 1 aliphatic rings. The molecule has 28 heavy (non-hydrogen) atoms. The maximum absolute atomic E-state index is 12.5. The summed E-state index contributed by atoms with van der Waals surface area (Å²) in [6.45, 7) is 2.43. The Morgan fingerprint density at radius 1 is 0.964 bits per heavy atom. The van der Waals surface area contributed by atoms with Crippen molar-refractivity contribution in [3.63, 3.8) is 0 Å². The molecule has 7 heteroatoms. The van der Waals surface area contributed by atoms with Gasteiger partial charge in [0, 0.05) is 43.6 Å². The maximum Gasteiger partial charge on any atom is 0.289 e. The normalized spacial score (nSPS) is 14.0. The number of carbonyl (C=O) groups excluding carboxylic acids is 2. The van der Waals surface area contributed by atoms with Gasteiger partial charge in [-0.1, -0.05) is 18.2 Å². The van der Waals surface area contributed by atoms with Gasteiger partial charge in [-0.25, -0.2) is 4.98 Å². The van der Waals surface area contributed by atoms with E-state index in [0.29, 0.717) is 37.5 Å². The number of amides is 2. The highest BCUT2D eigenvalue weighted by molar-refractivity contribution is 6.04.